The van der Waals surface area contributed by atoms with Crippen molar-refractivity contribution in [1.29, 1.82) is 0 Å². The Morgan fingerprint density at radius 1 is 1.12 bits per heavy atom. The van der Waals surface area contributed by atoms with E-state index >= 15 is 0 Å². The van der Waals surface area contributed by atoms with Crippen LogP contribution < -0.4 is 5.73 Å². The Bertz CT molecular complexity index is 476. The van der Waals surface area contributed by atoms with Crippen molar-refractivity contribution >= 4 is 10.8 Å². The molecule has 0 saturated heterocycles. The number of nitrogens with two attached hydrogens (primary N) is 1. The fourth-order valence-corrected chi connectivity index (χ4v) is 2.15. The lowest BCUT2D eigenvalue weighted by molar-refractivity contribution is 0.177. The molecule has 0 spiro atoms. The summed E-state index contributed by atoms with van der Waals surface area (Å²) in [6.07, 6.45) is 1.97. The molecule has 0 saturated carbocycles. The molecule has 17 heavy (non-hydrogen) atoms. The van der Waals surface area contributed by atoms with Crippen molar-refractivity contribution in [2.45, 2.75) is 18.9 Å². The largest absolute Gasteiger partial charge is 0.383 e. The van der Waals surface area contributed by atoms with E-state index in [-0.39, 0.29) is 6.04 Å². The highest BCUT2D eigenvalue weighted by atomic mass is 16.5. The highest BCUT2D eigenvalue weighted by Crippen LogP contribution is 2.19. The molecule has 0 fully saturated rings. The molecular formula is C15H19NO. The minimum absolute atomic E-state index is 0.124. The van der Waals surface area contributed by atoms with E-state index in [9.17, 15) is 0 Å². The predicted molar refractivity (Wildman–Crippen MR) is 72.1 cm³/mol. The first-order valence-corrected chi connectivity index (χ1v) is 6.02. The van der Waals surface area contributed by atoms with E-state index in [4.69, 9.17) is 10.5 Å². The molecule has 0 aliphatic carbocycles. The van der Waals surface area contributed by atoms with Crippen LogP contribution in [0.15, 0.2) is 42.5 Å². The predicted octanol–water partition coefficient (Wildman–Crippen LogP) is 2.75. The number of methoxy groups -OCH3 is 1. The van der Waals surface area contributed by atoms with Gasteiger partial charge in [-0.15, -0.1) is 0 Å². The topological polar surface area (TPSA) is 35.2 Å². The van der Waals surface area contributed by atoms with Crippen molar-refractivity contribution in [3.8, 4) is 0 Å². The average molecular weight is 229 g/mol. The maximum absolute atomic E-state index is 5.95. The van der Waals surface area contributed by atoms with Gasteiger partial charge >= 0.3 is 0 Å². The van der Waals surface area contributed by atoms with Gasteiger partial charge < -0.3 is 10.5 Å². The van der Waals surface area contributed by atoms with E-state index in [1.807, 2.05) is 0 Å². The van der Waals surface area contributed by atoms with E-state index < -0.39 is 0 Å². The molecule has 0 amide bonds. The Kier molecular flexibility index (Phi) is 4.13. The first-order chi connectivity index (χ1) is 8.31. The molecule has 2 N–H and O–H groups in total. The van der Waals surface area contributed by atoms with E-state index in [1.165, 1.54) is 16.3 Å². The van der Waals surface area contributed by atoms with Crippen LogP contribution in [0.2, 0.25) is 0 Å². The fraction of sp³-hybridized carbons (Fsp3) is 0.333. The summed E-state index contributed by atoms with van der Waals surface area (Å²) >= 11 is 0. The van der Waals surface area contributed by atoms with Gasteiger partial charge in [0.2, 0.25) is 0 Å². The lowest BCUT2D eigenvalue weighted by Crippen LogP contribution is -2.26. The van der Waals surface area contributed by atoms with Crippen LogP contribution in [0.5, 0.6) is 0 Å². The van der Waals surface area contributed by atoms with Crippen LogP contribution in [0, 0.1) is 0 Å². The molecular weight excluding hydrogens is 210 g/mol. The second kappa shape index (κ2) is 5.80. The zero-order chi connectivity index (χ0) is 12.1. The third-order valence-electron chi connectivity index (χ3n) is 3.05. The molecule has 0 radical (unpaired) electrons. The highest BCUT2D eigenvalue weighted by molar-refractivity contribution is 5.85. The van der Waals surface area contributed by atoms with Crippen LogP contribution in [-0.4, -0.2) is 19.8 Å². The van der Waals surface area contributed by atoms with E-state index in [2.05, 4.69) is 42.5 Å². The van der Waals surface area contributed by atoms with Gasteiger partial charge in [-0.3, -0.25) is 0 Å². The standard InChI is InChI=1S/C15H19NO/c1-17-11-14(16)10-9-13-7-4-6-12-5-2-3-8-15(12)13/h2-8,14H,9-11,16H2,1H3. The molecule has 2 nitrogen and oxygen atoms in total. The van der Waals surface area contributed by atoms with Crippen LogP contribution in [0.1, 0.15) is 12.0 Å². The molecule has 0 aliphatic rings. The molecule has 1 unspecified atom stereocenters. The van der Waals surface area contributed by atoms with Gasteiger partial charge in [0.15, 0.2) is 0 Å². The Morgan fingerprint density at radius 2 is 1.88 bits per heavy atom. The monoisotopic (exact) mass is 229 g/mol. The van der Waals surface area contributed by atoms with E-state index in [1.54, 1.807) is 7.11 Å². The molecule has 2 heteroatoms. The van der Waals surface area contributed by atoms with Gasteiger partial charge in [0.25, 0.3) is 0 Å². The van der Waals surface area contributed by atoms with Crippen molar-refractivity contribution in [3.05, 3.63) is 48.0 Å². The number of fused-ring (bicyclic) bond motifs is 1. The second-order valence-corrected chi connectivity index (χ2v) is 4.39. The van der Waals surface area contributed by atoms with Gasteiger partial charge in [0.05, 0.1) is 6.61 Å². The van der Waals surface area contributed by atoms with Crippen molar-refractivity contribution in [3.63, 3.8) is 0 Å². The van der Waals surface area contributed by atoms with Crippen LogP contribution >= 0.6 is 0 Å². The van der Waals surface area contributed by atoms with Crippen molar-refractivity contribution < 1.29 is 4.74 Å². The van der Waals surface area contributed by atoms with Crippen LogP contribution in [0.4, 0.5) is 0 Å². The minimum Gasteiger partial charge on any atom is -0.383 e. The third kappa shape index (κ3) is 3.05. The summed E-state index contributed by atoms with van der Waals surface area (Å²) in [7, 11) is 1.69. The zero-order valence-electron chi connectivity index (χ0n) is 10.2. The SMILES string of the molecule is COCC(N)CCc1cccc2ccccc12. The number of hydrogen-bond donors (Lipinski definition) is 1. The molecule has 0 aromatic heterocycles. The smallest absolute Gasteiger partial charge is 0.0613 e. The summed E-state index contributed by atoms with van der Waals surface area (Å²) in [6.45, 7) is 0.630. The van der Waals surface area contributed by atoms with Crippen molar-refractivity contribution in [2.75, 3.05) is 13.7 Å². The van der Waals surface area contributed by atoms with Crippen molar-refractivity contribution in [1.82, 2.24) is 0 Å². The Labute approximate surface area is 102 Å². The summed E-state index contributed by atoms with van der Waals surface area (Å²) in [5.74, 6) is 0. The molecule has 2 aromatic rings. The number of benzene rings is 2. The lowest BCUT2D eigenvalue weighted by Gasteiger charge is -2.11. The molecule has 90 valence electrons. The van der Waals surface area contributed by atoms with Crippen molar-refractivity contribution in [2.24, 2.45) is 5.73 Å². The van der Waals surface area contributed by atoms with E-state index in [0.29, 0.717) is 6.61 Å². The van der Waals surface area contributed by atoms with Crippen LogP contribution in [0.25, 0.3) is 10.8 Å². The average Bonchev–Trinajstić information content (AvgIpc) is 2.36. The van der Waals surface area contributed by atoms with Gasteiger partial charge in [-0.2, -0.15) is 0 Å². The number of rotatable bonds is 5. The molecule has 2 rings (SSSR count). The first kappa shape index (κ1) is 12.1. The van der Waals surface area contributed by atoms with Gasteiger partial charge in [-0.1, -0.05) is 42.5 Å². The van der Waals surface area contributed by atoms with Gasteiger partial charge in [-0.25, -0.2) is 0 Å². The second-order valence-electron chi connectivity index (χ2n) is 4.39. The lowest BCUT2D eigenvalue weighted by atomic mass is 9.99. The van der Waals surface area contributed by atoms with Crippen LogP contribution in [-0.2, 0) is 11.2 Å². The number of hydrogen-bond acceptors (Lipinski definition) is 2. The van der Waals surface area contributed by atoms with Crippen LogP contribution in [0.3, 0.4) is 0 Å². The fourth-order valence-electron chi connectivity index (χ4n) is 2.15. The zero-order valence-corrected chi connectivity index (χ0v) is 10.2. The van der Waals surface area contributed by atoms with Gasteiger partial charge in [0.1, 0.15) is 0 Å². The first-order valence-electron chi connectivity index (χ1n) is 6.02. The maximum Gasteiger partial charge on any atom is 0.0613 e. The Hall–Kier alpha value is -1.38. The Balaban J connectivity index is 2.13. The van der Waals surface area contributed by atoms with Gasteiger partial charge in [-0.05, 0) is 29.2 Å². The quantitative estimate of drug-likeness (QED) is 0.855. The molecule has 1 atom stereocenters. The normalized spacial score (nSPS) is 12.8. The summed E-state index contributed by atoms with van der Waals surface area (Å²) in [4.78, 5) is 0. The summed E-state index contributed by atoms with van der Waals surface area (Å²) in [5, 5.41) is 2.63. The maximum atomic E-state index is 5.95. The summed E-state index contributed by atoms with van der Waals surface area (Å²) in [5.41, 5.74) is 7.32. The number of ether oxygens (including phenoxy) is 1. The molecule has 0 heterocycles. The summed E-state index contributed by atoms with van der Waals surface area (Å²) in [6, 6.07) is 15.0. The minimum atomic E-state index is 0.124. The third-order valence-corrected chi connectivity index (χ3v) is 3.05. The molecule has 0 aliphatic heterocycles. The Morgan fingerprint density at radius 3 is 2.71 bits per heavy atom. The molecule has 2 aromatic carbocycles. The molecule has 0 bridgehead atoms. The highest BCUT2D eigenvalue weighted by Gasteiger charge is 2.04. The van der Waals surface area contributed by atoms with E-state index in [0.717, 1.165) is 12.8 Å². The number of aryl methyl sites for hydroxylation is 1. The summed E-state index contributed by atoms with van der Waals surface area (Å²) < 4.78 is 5.05. The van der Waals surface area contributed by atoms with Gasteiger partial charge in [0, 0.05) is 13.2 Å².